The van der Waals surface area contributed by atoms with Crippen molar-refractivity contribution in [2.45, 2.75) is 39.7 Å². The minimum atomic E-state index is 0.154. The van der Waals surface area contributed by atoms with Crippen LogP contribution in [0.4, 0.5) is 0 Å². The van der Waals surface area contributed by atoms with Gasteiger partial charge in [-0.15, -0.1) is 0 Å². The molecule has 3 heteroatoms. The molecular formula is C17H27N3. The van der Waals surface area contributed by atoms with Crippen LogP contribution in [0.25, 0.3) is 0 Å². The molecule has 0 aromatic heterocycles. The van der Waals surface area contributed by atoms with Gasteiger partial charge in [0.2, 0.25) is 0 Å². The first-order valence-corrected chi connectivity index (χ1v) is 7.41. The van der Waals surface area contributed by atoms with Crippen LogP contribution in [0.5, 0.6) is 0 Å². The maximum atomic E-state index is 4.43. The smallest absolute Gasteiger partial charge is 0.194 e. The number of guanidine groups is 1. The number of nitrogens with zero attached hydrogens (tertiary/aromatic N) is 2. The van der Waals surface area contributed by atoms with Gasteiger partial charge in [0.1, 0.15) is 0 Å². The maximum Gasteiger partial charge on any atom is 0.194 e. The molecule has 1 N–H and O–H groups in total. The van der Waals surface area contributed by atoms with Gasteiger partial charge in [0.05, 0.1) is 0 Å². The molecule has 0 unspecified atom stereocenters. The zero-order valence-corrected chi connectivity index (χ0v) is 13.4. The van der Waals surface area contributed by atoms with Gasteiger partial charge in [-0.2, -0.15) is 0 Å². The molecule has 0 aliphatic carbocycles. The number of nitrogens with one attached hydrogen (secondary N) is 1. The van der Waals surface area contributed by atoms with E-state index >= 15 is 0 Å². The third-order valence-corrected chi connectivity index (χ3v) is 4.89. The Morgan fingerprint density at radius 3 is 2.35 bits per heavy atom. The van der Waals surface area contributed by atoms with Gasteiger partial charge in [0.15, 0.2) is 5.96 Å². The summed E-state index contributed by atoms with van der Waals surface area (Å²) >= 11 is 0. The molecule has 1 fully saturated rings. The lowest BCUT2D eigenvalue weighted by atomic mass is 9.65. The number of rotatable bonds is 3. The largest absolute Gasteiger partial charge is 0.356 e. The number of aliphatic imine (C=N–C) groups is 1. The van der Waals surface area contributed by atoms with Crippen molar-refractivity contribution in [3.63, 3.8) is 0 Å². The Labute approximate surface area is 123 Å². The highest BCUT2D eigenvalue weighted by Crippen LogP contribution is 2.46. The summed E-state index contributed by atoms with van der Waals surface area (Å²) in [6.45, 7) is 11.2. The predicted molar refractivity (Wildman–Crippen MR) is 86.1 cm³/mol. The summed E-state index contributed by atoms with van der Waals surface area (Å²) in [6.07, 6.45) is 1.03. The Hall–Kier alpha value is -1.51. The number of hydrogen-bond acceptors (Lipinski definition) is 1. The van der Waals surface area contributed by atoms with Gasteiger partial charge in [0, 0.05) is 31.1 Å². The molecule has 1 aliphatic rings. The fraction of sp³-hybridized carbons (Fsp3) is 0.588. The van der Waals surface area contributed by atoms with Crippen molar-refractivity contribution in [2.24, 2.45) is 10.4 Å². The average Bonchev–Trinajstić information content (AvgIpc) is 2.43. The van der Waals surface area contributed by atoms with Gasteiger partial charge in [-0.05, 0) is 25.8 Å². The standard InChI is InChI=1S/C17H27N3/c1-16(2)13-20(17(16,3)4)15(18-5)19-12-11-14-9-7-6-8-10-14/h6-10H,11-13H2,1-5H3,(H,18,19). The van der Waals surface area contributed by atoms with Gasteiger partial charge >= 0.3 is 0 Å². The second-order valence-corrected chi connectivity index (χ2v) is 6.74. The first-order valence-electron chi connectivity index (χ1n) is 7.41. The molecule has 3 nitrogen and oxygen atoms in total. The summed E-state index contributed by atoms with van der Waals surface area (Å²) < 4.78 is 0. The summed E-state index contributed by atoms with van der Waals surface area (Å²) in [5.41, 5.74) is 1.85. The zero-order chi connectivity index (χ0) is 14.8. The molecular weight excluding hydrogens is 246 g/mol. The topological polar surface area (TPSA) is 27.6 Å². The van der Waals surface area contributed by atoms with E-state index in [9.17, 15) is 0 Å². The van der Waals surface area contributed by atoms with Crippen LogP contribution in [0.2, 0.25) is 0 Å². The number of hydrogen-bond donors (Lipinski definition) is 1. The molecule has 110 valence electrons. The molecule has 0 amide bonds. The highest BCUT2D eigenvalue weighted by molar-refractivity contribution is 5.82. The SMILES string of the molecule is CN=C(NCCc1ccccc1)N1CC(C)(C)C1(C)C. The molecule has 1 saturated heterocycles. The van der Waals surface area contributed by atoms with Gasteiger partial charge in [-0.1, -0.05) is 44.2 Å². The van der Waals surface area contributed by atoms with E-state index in [2.05, 4.69) is 73.2 Å². The van der Waals surface area contributed by atoms with Crippen molar-refractivity contribution in [3.8, 4) is 0 Å². The van der Waals surface area contributed by atoms with E-state index in [4.69, 9.17) is 0 Å². The summed E-state index contributed by atoms with van der Waals surface area (Å²) in [6, 6.07) is 10.6. The molecule has 20 heavy (non-hydrogen) atoms. The Balaban J connectivity index is 1.89. The van der Waals surface area contributed by atoms with Crippen LogP contribution in [-0.4, -0.2) is 36.5 Å². The van der Waals surface area contributed by atoms with E-state index in [-0.39, 0.29) is 5.54 Å². The van der Waals surface area contributed by atoms with E-state index < -0.39 is 0 Å². The molecule has 1 aromatic carbocycles. The van der Waals surface area contributed by atoms with Crippen molar-refractivity contribution in [3.05, 3.63) is 35.9 Å². The van der Waals surface area contributed by atoms with Gasteiger partial charge < -0.3 is 10.2 Å². The zero-order valence-electron chi connectivity index (χ0n) is 13.4. The van der Waals surface area contributed by atoms with Crippen LogP contribution in [0.15, 0.2) is 35.3 Å². The van der Waals surface area contributed by atoms with Gasteiger partial charge in [-0.3, -0.25) is 4.99 Å². The van der Waals surface area contributed by atoms with E-state index in [1.807, 2.05) is 7.05 Å². The van der Waals surface area contributed by atoms with Crippen LogP contribution in [0.1, 0.15) is 33.3 Å². The van der Waals surface area contributed by atoms with Crippen LogP contribution >= 0.6 is 0 Å². The monoisotopic (exact) mass is 273 g/mol. The quantitative estimate of drug-likeness (QED) is 0.677. The average molecular weight is 273 g/mol. The molecule has 1 heterocycles. The lowest BCUT2D eigenvalue weighted by molar-refractivity contribution is -0.0666. The van der Waals surface area contributed by atoms with Crippen molar-refractivity contribution < 1.29 is 0 Å². The fourth-order valence-electron chi connectivity index (χ4n) is 2.66. The van der Waals surface area contributed by atoms with Gasteiger partial charge in [-0.25, -0.2) is 0 Å². The molecule has 1 aliphatic heterocycles. The molecule has 0 atom stereocenters. The Kier molecular flexibility index (Phi) is 4.07. The van der Waals surface area contributed by atoms with E-state index in [0.29, 0.717) is 5.41 Å². The molecule has 0 spiro atoms. The molecule has 1 aromatic rings. The minimum absolute atomic E-state index is 0.154. The van der Waals surface area contributed by atoms with Crippen LogP contribution in [-0.2, 0) is 6.42 Å². The summed E-state index contributed by atoms with van der Waals surface area (Å²) in [5, 5.41) is 3.49. The summed E-state index contributed by atoms with van der Waals surface area (Å²) in [7, 11) is 1.87. The predicted octanol–water partition coefficient (Wildman–Crippen LogP) is 2.92. The number of likely N-dealkylation sites (tertiary alicyclic amines) is 1. The summed E-state index contributed by atoms with van der Waals surface area (Å²) in [4.78, 5) is 6.81. The summed E-state index contributed by atoms with van der Waals surface area (Å²) in [5.74, 6) is 1.02. The van der Waals surface area contributed by atoms with E-state index in [1.165, 1.54) is 5.56 Å². The third-order valence-electron chi connectivity index (χ3n) is 4.89. The van der Waals surface area contributed by atoms with Crippen molar-refractivity contribution in [1.82, 2.24) is 10.2 Å². The maximum absolute atomic E-state index is 4.43. The minimum Gasteiger partial charge on any atom is -0.356 e. The lowest BCUT2D eigenvalue weighted by Crippen LogP contribution is -2.72. The molecule has 2 rings (SSSR count). The van der Waals surface area contributed by atoms with Crippen molar-refractivity contribution in [2.75, 3.05) is 20.1 Å². The second kappa shape index (κ2) is 5.47. The number of benzene rings is 1. The Bertz CT molecular complexity index is 474. The highest BCUT2D eigenvalue weighted by atomic mass is 15.4. The fourth-order valence-corrected chi connectivity index (χ4v) is 2.66. The van der Waals surface area contributed by atoms with E-state index in [0.717, 1.165) is 25.5 Å². The van der Waals surface area contributed by atoms with Crippen molar-refractivity contribution in [1.29, 1.82) is 0 Å². The molecule has 0 radical (unpaired) electrons. The second-order valence-electron chi connectivity index (χ2n) is 6.74. The van der Waals surface area contributed by atoms with Crippen LogP contribution in [0, 0.1) is 5.41 Å². The van der Waals surface area contributed by atoms with Crippen LogP contribution in [0.3, 0.4) is 0 Å². The third kappa shape index (κ3) is 2.67. The molecule has 0 bridgehead atoms. The van der Waals surface area contributed by atoms with Crippen LogP contribution < -0.4 is 5.32 Å². The normalized spacial score (nSPS) is 20.4. The lowest BCUT2D eigenvalue weighted by Gasteiger charge is -2.62. The Morgan fingerprint density at radius 1 is 1.20 bits per heavy atom. The van der Waals surface area contributed by atoms with E-state index in [1.54, 1.807) is 0 Å². The Morgan fingerprint density at radius 2 is 1.85 bits per heavy atom. The highest BCUT2D eigenvalue weighted by Gasteiger charge is 2.53. The van der Waals surface area contributed by atoms with Crippen molar-refractivity contribution >= 4 is 5.96 Å². The first-order chi connectivity index (χ1) is 9.38. The van der Waals surface area contributed by atoms with Gasteiger partial charge in [0.25, 0.3) is 0 Å². The molecule has 0 saturated carbocycles. The first kappa shape index (κ1) is 14.9.